The van der Waals surface area contributed by atoms with Crippen molar-refractivity contribution in [3.63, 3.8) is 0 Å². The van der Waals surface area contributed by atoms with Gasteiger partial charge in [0.25, 0.3) is 0 Å². The van der Waals surface area contributed by atoms with Gasteiger partial charge in [-0.05, 0) is 39.0 Å². The Bertz CT molecular complexity index is 391. The van der Waals surface area contributed by atoms with E-state index in [1.807, 2.05) is 6.08 Å². The number of carbonyl (C=O) groups excluding carboxylic acids is 1. The van der Waals surface area contributed by atoms with Crippen LogP contribution in [0, 0.1) is 11.3 Å². The van der Waals surface area contributed by atoms with Crippen LogP contribution in [0.15, 0.2) is 12.2 Å². The van der Waals surface area contributed by atoms with Gasteiger partial charge in [-0.1, -0.05) is 25.0 Å². The molecule has 1 amide bonds. The number of carboxylic acids is 1. The molecule has 2 N–H and O–H groups in total. The lowest BCUT2D eigenvalue weighted by molar-refractivity contribution is -0.152. The number of rotatable bonds is 3. The summed E-state index contributed by atoms with van der Waals surface area (Å²) < 4.78 is 0. The minimum atomic E-state index is -0.807. The summed E-state index contributed by atoms with van der Waals surface area (Å²) in [6.07, 6.45) is 10.1. The summed E-state index contributed by atoms with van der Waals surface area (Å²) in [5.41, 5.74) is -0.807. The molecule has 4 heteroatoms. The van der Waals surface area contributed by atoms with Crippen LogP contribution in [0.1, 0.15) is 51.9 Å². The van der Waals surface area contributed by atoms with E-state index in [4.69, 9.17) is 0 Å². The first-order chi connectivity index (χ1) is 9.04. The fourth-order valence-electron chi connectivity index (χ4n) is 3.14. The van der Waals surface area contributed by atoms with Crippen molar-refractivity contribution in [1.82, 2.24) is 5.32 Å². The van der Waals surface area contributed by atoms with Crippen molar-refractivity contribution in [1.29, 1.82) is 0 Å². The van der Waals surface area contributed by atoms with E-state index in [1.54, 1.807) is 6.92 Å². The van der Waals surface area contributed by atoms with Crippen LogP contribution in [0.25, 0.3) is 0 Å². The molecule has 0 aromatic heterocycles. The molecule has 19 heavy (non-hydrogen) atoms. The molecule has 0 saturated heterocycles. The lowest BCUT2D eigenvalue weighted by Gasteiger charge is -2.39. The normalized spacial score (nSPS) is 34.8. The summed E-state index contributed by atoms with van der Waals surface area (Å²) >= 11 is 0. The molecule has 2 rings (SSSR count). The first-order valence-electron chi connectivity index (χ1n) is 7.23. The molecular formula is C15H23NO3. The van der Waals surface area contributed by atoms with Gasteiger partial charge in [-0.3, -0.25) is 9.59 Å². The van der Waals surface area contributed by atoms with Crippen LogP contribution in [0.5, 0.6) is 0 Å². The second kappa shape index (κ2) is 5.76. The van der Waals surface area contributed by atoms with Crippen LogP contribution in [0.3, 0.4) is 0 Å². The Morgan fingerprint density at radius 2 is 2.05 bits per heavy atom. The fraction of sp³-hybridized carbons (Fsp3) is 0.733. The Hall–Kier alpha value is -1.32. The largest absolute Gasteiger partial charge is 0.481 e. The highest BCUT2D eigenvalue weighted by Crippen LogP contribution is 2.36. The molecule has 0 aromatic carbocycles. The van der Waals surface area contributed by atoms with Crippen molar-refractivity contribution >= 4 is 11.9 Å². The van der Waals surface area contributed by atoms with Gasteiger partial charge in [0.15, 0.2) is 0 Å². The average Bonchev–Trinajstić information content (AvgIpc) is 2.42. The Labute approximate surface area is 114 Å². The molecule has 1 fully saturated rings. The Morgan fingerprint density at radius 3 is 2.68 bits per heavy atom. The van der Waals surface area contributed by atoms with Gasteiger partial charge in [0, 0.05) is 12.0 Å². The summed E-state index contributed by atoms with van der Waals surface area (Å²) in [6.45, 7) is 1.76. The van der Waals surface area contributed by atoms with Gasteiger partial charge in [0.1, 0.15) is 0 Å². The maximum atomic E-state index is 12.2. The number of allylic oxidation sites excluding steroid dienone is 2. The van der Waals surface area contributed by atoms with Gasteiger partial charge in [0.2, 0.25) is 5.91 Å². The second-order valence-corrected chi connectivity index (χ2v) is 6.01. The SMILES string of the molecule is CC1(C(=O)O)CCCCC1NC(=O)C1CC=CCC1. The van der Waals surface area contributed by atoms with Crippen LogP contribution in [0.4, 0.5) is 0 Å². The molecule has 2 aliphatic carbocycles. The Balaban J connectivity index is 2.01. The van der Waals surface area contributed by atoms with Crippen molar-refractivity contribution in [2.24, 2.45) is 11.3 Å². The van der Waals surface area contributed by atoms with Crippen molar-refractivity contribution < 1.29 is 14.7 Å². The first-order valence-corrected chi connectivity index (χ1v) is 7.23. The molecule has 0 bridgehead atoms. The number of carboxylic acid groups (broad SMARTS) is 1. The van der Waals surface area contributed by atoms with Crippen molar-refractivity contribution in [3.8, 4) is 0 Å². The van der Waals surface area contributed by atoms with E-state index >= 15 is 0 Å². The molecule has 4 nitrogen and oxygen atoms in total. The summed E-state index contributed by atoms with van der Waals surface area (Å²) in [5, 5.41) is 12.4. The molecule has 0 radical (unpaired) electrons. The quantitative estimate of drug-likeness (QED) is 0.770. The highest BCUT2D eigenvalue weighted by atomic mass is 16.4. The third-order valence-electron chi connectivity index (χ3n) is 4.65. The molecule has 1 saturated carbocycles. The van der Waals surface area contributed by atoms with Gasteiger partial charge in [-0.15, -0.1) is 0 Å². The number of amides is 1. The van der Waals surface area contributed by atoms with Gasteiger partial charge < -0.3 is 10.4 Å². The molecule has 106 valence electrons. The predicted octanol–water partition coefficient (Wildman–Crippen LogP) is 2.49. The van der Waals surface area contributed by atoms with E-state index in [-0.39, 0.29) is 17.9 Å². The second-order valence-electron chi connectivity index (χ2n) is 6.01. The van der Waals surface area contributed by atoms with Crippen molar-refractivity contribution in [2.75, 3.05) is 0 Å². The molecule has 0 aromatic rings. The van der Waals surface area contributed by atoms with Crippen LogP contribution in [-0.2, 0) is 9.59 Å². The van der Waals surface area contributed by atoms with Crippen molar-refractivity contribution in [3.05, 3.63) is 12.2 Å². The van der Waals surface area contributed by atoms with E-state index in [2.05, 4.69) is 11.4 Å². The third-order valence-corrected chi connectivity index (χ3v) is 4.65. The van der Waals surface area contributed by atoms with Gasteiger partial charge >= 0.3 is 5.97 Å². The van der Waals surface area contributed by atoms with E-state index in [0.29, 0.717) is 6.42 Å². The first kappa shape index (κ1) is 14.1. The maximum Gasteiger partial charge on any atom is 0.311 e. The minimum absolute atomic E-state index is 0.0185. The van der Waals surface area contributed by atoms with Crippen LogP contribution in [-0.4, -0.2) is 23.0 Å². The Morgan fingerprint density at radius 1 is 1.26 bits per heavy atom. The maximum absolute atomic E-state index is 12.2. The van der Waals surface area contributed by atoms with Crippen LogP contribution < -0.4 is 5.32 Å². The number of hydrogen-bond acceptors (Lipinski definition) is 2. The zero-order valence-electron chi connectivity index (χ0n) is 11.5. The summed E-state index contributed by atoms with van der Waals surface area (Å²) in [7, 11) is 0. The summed E-state index contributed by atoms with van der Waals surface area (Å²) in [6, 6.07) is -0.225. The topological polar surface area (TPSA) is 66.4 Å². The summed E-state index contributed by atoms with van der Waals surface area (Å²) in [5.74, 6) is -0.741. The standard InChI is InChI=1S/C15H23NO3/c1-15(14(18)19)10-6-5-9-12(15)16-13(17)11-7-3-2-4-8-11/h2-3,11-12H,4-10H2,1H3,(H,16,17)(H,18,19). The lowest BCUT2D eigenvalue weighted by Crippen LogP contribution is -2.53. The smallest absolute Gasteiger partial charge is 0.311 e. The zero-order valence-corrected chi connectivity index (χ0v) is 11.5. The molecule has 0 heterocycles. The zero-order chi connectivity index (χ0) is 13.9. The number of aliphatic carboxylic acids is 1. The fourth-order valence-corrected chi connectivity index (χ4v) is 3.14. The van der Waals surface area contributed by atoms with E-state index in [0.717, 1.165) is 38.5 Å². The molecular weight excluding hydrogens is 242 g/mol. The number of hydrogen-bond donors (Lipinski definition) is 2. The molecule has 0 spiro atoms. The molecule has 3 atom stereocenters. The predicted molar refractivity (Wildman–Crippen MR) is 72.6 cm³/mol. The highest BCUT2D eigenvalue weighted by molar-refractivity contribution is 5.81. The van der Waals surface area contributed by atoms with Gasteiger partial charge in [0.05, 0.1) is 5.41 Å². The van der Waals surface area contributed by atoms with Crippen LogP contribution in [0.2, 0.25) is 0 Å². The molecule has 2 aliphatic rings. The van der Waals surface area contributed by atoms with E-state index < -0.39 is 11.4 Å². The average molecular weight is 265 g/mol. The molecule has 3 unspecified atom stereocenters. The van der Waals surface area contributed by atoms with Crippen molar-refractivity contribution in [2.45, 2.75) is 57.9 Å². The third kappa shape index (κ3) is 2.99. The number of nitrogens with one attached hydrogen (secondary N) is 1. The monoisotopic (exact) mass is 265 g/mol. The van der Waals surface area contributed by atoms with Gasteiger partial charge in [-0.25, -0.2) is 0 Å². The van der Waals surface area contributed by atoms with E-state index in [9.17, 15) is 14.7 Å². The van der Waals surface area contributed by atoms with Gasteiger partial charge in [-0.2, -0.15) is 0 Å². The Kier molecular flexibility index (Phi) is 4.27. The van der Waals surface area contributed by atoms with Crippen LogP contribution >= 0.6 is 0 Å². The summed E-state index contributed by atoms with van der Waals surface area (Å²) in [4.78, 5) is 23.7. The minimum Gasteiger partial charge on any atom is -0.481 e. The number of carbonyl (C=O) groups is 2. The highest BCUT2D eigenvalue weighted by Gasteiger charge is 2.44. The van der Waals surface area contributed by atoms with E-state index in [1.165, 1.54) is 0 Å². The lowest BCUT2D eigenvalue weighted by atomic mass is 9.71. The molecule has 0 aliphatic heterocycles.